The molecule has 0 radical (unpaired) electrons. The molecule has 0 spiro atoms. The average Bonchev–Trinajstić information content (AvgIpc) is 3.31. The number of nitrogens with zero attached hydrogens (tertiary/aromatic N) is 1. The Kier molecular flexibility index (Phi) is 8.13. The minimum absolute atomic E-state index is 0.0279. The first-order chi connectivity index (χ1) is 14.9. The normalized spacial score (nSPS) is 17.1. The van der Waals surface area contributed by atoms with Gasteiger partial charge in [0.05, 0.1) is 6.61 Å². The summed E-state index contributed by atoms with van der Waals surface area (Å²) in [4.78, 5) is 15.2. The zero-order chi connectivity index (χ0) is 22.3. The fraction of sp³-hybridized carbons (Fsp3) is 0.522. The Morgan fingerprint density at radius 3 is 2.45 bits per heavy atom. The highest BCUT2D eigenvalue weighted by molar-refractivity contribution is 7.95. The summed E-state index contributed by atoms with van der Waals surface area (Å²) in [6.07, 6.45) is 3.84. The van der Waals surface area contributed by atoms with Gasteiger partial charge in [-0.15, -0.1) is 11.3 Å². The highest BCUT2D eigenvalue weighted by atomic mass is 32.2. The van der Waals surface area contributed by atoms with E-state index in [1.54, 1.807) is 18.4 Å². The fourth-order valence-corrected chi connectivity index (χ4v) is 6.78. The number of benzene rings is 1. The number of carbonyl (C=O) groups is 1. The van der Waals surface area contributed by atoms with Crippen molar-refractivity contribution in [3.63, 3.8) is 0 Å². The van der Waals surface area contributed by atoms with Gasteiger partial charge in [-0.05, 0) is 68.9 Å². The van der Waals surface area contributed by atoms with Crippen molar-refractivity contribution in [2.75, 3.05) is 32.8 Å². The molecule has 8 heteroatoms. The van der Waals surface area contributed by atoms with E-state index < -0.39 is 20.6 Å². The number of ether oxygens (including phenoxy) is 2. The van der Waals surface area contributed by atoms with Gasteiger partial charge in [-0.2, -0.15) is 0 Å². The summed E-state index contributed by atoms with van der Waals surface area (Å²) >= 11 is 1.11. The topological polar surface area (TPSA) is 72.9 Å². The van der Waals surface area contributed by atoms with Crippen LogP contribution in [0.5, 0.6) is 5.75 Å². The van der Waals surface area contributed by atoms with Gasteiger partial charge in [0.2, 0.25) is 9.84 Å². The molecule has 2 heterocycles. The highest BCUT2D eigenvalue weighted by Gasteiger charge is 2.49. The first-order valence-electron chi connectivity index (χ1n) is 10.8. The standard InChI is InChI=1S/C23H31NO5S2/c1-3-28-22(25)23(2,31(26,27)21-8-7-17-30-21)18-19-9-11-20(12-10-19)29-16-15-24-13-5-4-6-14-24/h7-12,17H,3-6,13-16,18H2,1-2H3. The molecule has 2 aromatic rings. The third kappa shape index (κ3) is 5.67. The van der Waals surface area contributed by atoms with E-state index in [0.29, 0.717) is 6.61 Å². The molecule has 1 unspecified atom stereocenters. The Morgan fingerprint density at radius 2 is 1.84 bits per heavy atom. The lowest BCUT2D eigenvalue weighted by molar-refractivity contribution is -0.145. The maximum atomic E-state index is 13.3. The number of likely N-dealkylation sites (tertiary alicyclic amines) is 1. The lowest BCUT2D eigenvalue weighted by atomic mass is 10.00. The van der Waals surface area contributed by atoms with Crippen molar-refractivity contribution >= 4 is 27.1 Å². The number of hydrogen-bond acceptors (Lipinski definition) is 7. The number of hydrogen-bond donors (Lipinski definition) is 0. The van der Waals surface area contributed by atoms with Crippen molar-refractivity contribution in [2.24, 2.45) is 0 Å². The number of carbonyl (C=O) groups excluding carboxylic acids is 1. The van der Waals surface area contributed by atoms with Gasteiger partial charge in [-0.25, -0.2) is 8.42 Å². The van der Waals surface area contributed by atoms with E-state index in [1.165, 1.54) is 32.3 Å². The maximum Gasteiger partial charge on any atom is 0.327 e. The van der Waals surface area contributed by atoms with Crippen molar-refractivity contribution in [3.8, 4) is 5.75 Å². The SMILES string of the molecule is CCOC(=O)C(C)(Cc1ccc(OCCN2CCCCC2)cc1)S(=O)(=O)c1cccs1. The molecule has 0 amide bonds. The first-order valence-corrected chi connectivity index (χ1v) is 13.1. The molecule has 170 valence electrons. The number of sulfone groups is 1. The third-order valence-corrected chi connectivity index (χ3v) is 9.42. The lowest BCUT2D eigenvalue weighted by Crippen LogP contribution is -2.46. The molecular weight excluding hydrogens is 434 g/mol. The summed E-state index contributed by atoms with van der Waals surface area (Å²) in [5.74, 6) is 0.00460. The van der Waals surface area contributed by atoms with Crippen LogP contribution in [0.2, 0.25) is 0 Å². The molecule has 1 fully saturated rings. The predicted octanol–water partition coefficient (Wildman–Crippen LogP) is 3.95. The van der Waals surface area contributed by atoms with E-state index >= 15 is 0 Å². The minimum Gasteiger partial charge on any atom is -0.492 e. The van der Waals surface area contributed by atoms with Gasteiger partial charge >= 0.3 is 5.97 Å². The van der Waals surface area contributed by atoms with E-state index in [2.05, 4.69) is 4.90 Å². The summed E-state index contributed by atoms with van der Waals surface area (Å²) < 4.78 is 36.0. The van der Waals surface area contributed by atoms with Crippen LogP contribution in [0.25, 0.3) is 0 Å². The van der Waals surface area contributed by atoms with Crippen LogP contribution in [0.1, 0.15) is 38.7 Å². The highest BCUT2D eigenvalue weighted by Crippen LogP contribution is 2.33. The average molecular weight is 466 g/mol. The Balaban J connectivity index is 1.69. The molecule has 1 aliphatic rings. The summed E-state index contributed by atoms with van der Waals surface area (Å²) in [7, 11) is -3.91. The molecule has 1 aliphatic heterocycles. The Labute approximate surface area is 189 Å². The van der Waals surface area contributed by atoms with Crippen molar-refractivity contribution in [1.29, 1.82) is 0 Å². The molecule has 6 nitrogen and oxygen atoms in total. The summed E-state index contributed by atoms with van der Waals surface area (Å²) in [5, 5.41) is 1.69. The molecule has 1 saturated heterocycles. The third-order valence-electron chi connectivity index (χ3n) is 5.65. The predicted molar refractivity (Wildman–Crippen MR) is 122 cm³/mol. The quantitative estimate of drug-likeness (QED) is 0.495. The van der Waals surface area contributed by atoms with Gasteiger partial charge in [-0.1, -0.05) is 24.6 Å². The molecule has 0 bridgehead atoms. The van der Waals surface area contributed by atoms with Gasteiger partial charge in [0, 0.05) is 13.0 Å². The molecule has 1 aromatic heterocycles. The van der Waals surface area contributed by atoms with Crippen molar-refractivity contribution < 1.29 is 22.7 Å². The second kappa shape index (κ2) is 10.6. The zero-order valence-electron chi connectivity index (χ0n) is 18.2. The molecule has 0 aliphatic carbocycles. The molecule has 1 atom stereocenters. The van der Waals surface area contributed by atoms with Crippen LogP contribution >= 0.6 is 11.3 Å². The first kappa shape index (κ1) is 23.8. The molecule has 1 aromatic carbocycles. The van der Waals surface area contributed by atoms with Crippen LogP contribution in [-0.2, 0) is 25.8 Å². The number of thiophene rings is 1. The number of esters is 1. The molecule has 0 N–H and O–H groups in total. The molecular formula is C23H31NO5S2. The van der Waals surface area contributed by atoms with E-state index in [1.807, 2.05) is 24.3 Å². The second-order valence-electron chi connectivity index (χ2n) is 7.96. The number of rotatable bonds is 10. The van der Waals surface area contributed by atoms with Gasteiger partial charge in [0.15, 0.2) is 4.75 Å². The lowest BCUT2D eigenvalue weighted by Gasteiger charge is -2.27. The Morgan fingerprint density at radius 1 is 1.13 bits per heavy atom. The fourth-order valence-electron chi connectivity index (χ4n) is 3.77. The summed E-state index contributed by atoms with van der Waals surface area (Å²) in [6, 6.07) is 10.5. The van der Waals surface area contributed by atoms with E-state index in [-0.39, 0.29) is 17.2 Å². The largest absolute Gasteiger partial charge is 0.492 e. The van der Waals surface area contributed by atoms with Crippen molar-refractivity contribution in [1.82, 2.24) is 4.90 Å². The van der Waals surface area contributed by atoms with Crippen LogP contribution in [0, 0.1) is 0 Å². The second-order valence-corrected chi connectivity index (χ2v) is 11.5. The summed E-state index contributed by atoms with van der Waals surface area (Å²) in [5.41, 5.74) is 0.735. The van der Waals surface area contributed by atoms with Crippen LogP contribution in [0.4, 0.5) is 0 Å². The monoisotopic (exact) mass is 465 g/mol. The van der Waals surface area contributed by atoms with Gasteiger partial charge in [0.25, 0.3) is 0 Å². The molecule has 0 saturated carbocycles. The molecule has 31 heavy (non-hydrogen) atoms. The van der Waals surface area contributed by atoms with Gasteiger partial charge < -0.3 is 9.47 Å². The zero-order valence-corrected chi connectivity index (χ0v) is 19.8. The van der Waals surface area contributed by atoms with Gasteiger partial charge in [-0.3, -0.25) is 9.69 Å². The summed E-state index contributed by atoms with van der Waals surface area (Å²) in [6.45, 7) is 7.03. The Bertz CT molecular complexity index is 935. The van der Waals surface area contributed by atoms with Crippen molar-refractivity contribution in [2.45, 2.75) is 48.5 Å². The van der Waals surface area contributed by atoms with Crippen LogP contribution in [0.3, 0.4) is 0 Å². The van der Waals surface area contributed by atoms with Crippen LogP contribution in [-0.4, -0.2) is 56.9 Å². The minimum atomic E-state index is -3.91. The van der Waals surface area contributed by atoms with E-state index in [0.717, 1.165) is 42.3 Å². The van der Waals surface area contributed by atoms with E-state index in [9.17, 15) is 13.2 Å². The maximum absolute atomic E-state index is 13.3. The van der Waals surface area contributed by atoms with Crippen LogP contribution in [0.15, 0.2) is 46.0 Å². The molecule has 3 rings (SSSR count). The smallest absolute Gasteiger partial charge is 0.327 e. The van der Waals surface area contributed by atoms with Gasteiger partial charge in [0.1, 0.15) is 16.6 Å². The van der Waals surface area contributed by atoms with Crippen molar-refractivity contribution in [3.05, 3.63) is 47.3 Å². The van der Waals surface area contributed by atoms with E-state index in [4.69, 9.17) is 9.47 Å². The Hall–Kier alpha value is -1.90. The number of piperidine rings is 1. The van der Waals surface area contributed by atoms with Crippen LogP contribution < -0.4 is 4.74 Å².